The average Bonchev–Trinajstić information content (AvgIpc) is 2.66. The molecule has 1 fully saturated rings. The molecule has 1 aromatic carbocycles. The highest BCUT2D eigenvalue weighted by Crippen LogP contribution is 2.30. The zero-order valence-electron chi connectivity index (χ0n) is 18.8. The molecule has 2 rings (SSSR count). The Morgan fingerprint density at radius 2 is 1.82 bits per heavy atom. The number of nitrogens with two attached hydrogens (primary N) is 1. The van der Waals surface area contributed by atoms with Crippen LogP contribution in [0.1, 0.15) is 96.1 Å². The van der Waals surface area contributed by atoms with E-state index in [4.69, 9.17) is 15.2 Å². The Labute approximate surface area is 173 Å². The maximum absolute atomic E-state index is 6.31. The molecule has 0 heterocycles. The molecule has 28 heavy (non-hydrogen) atoms. The Morgan fingerprint density at radius 1 is 1.07 bits per heavy atom. The molecule has 1 atom stereocenters. The van der Waals surface area contributed by atoms with Crippen LogP contribution in [0.5, 0.6) is 0 Å². The first kappa shape index (κ1) is 23.2. The first-order valence-electron chi connectivity index (χ1n) is 11.4. The van der Waals surface area contributed by atoms with E-state index in [0.717, 1.165) is 30.9 Å². The highest BCUT2D eigenvalue weighted by molar-refractivity contribution is 5.52. The number of methoxy groups -OCH3 is 1. The van der Waals surface area contributed by atoms with Crippen LogP contribution in [-0.2, 0) is 21.3 Å². The number of hydrogen-bond donors (Lipinski definition) is 1. The number of rotatable bonds is 11. The van der Waals surface area contributed by atoms with Gasteiger partial charge in [-0.25, -0.2) is 0 Å². The molecule has 0 radical (unpaired) electrons. The van der Waals surface area contributed by atoms with Gasteiger partial charge in [-0.3, -0.25) is 0 Å². The second-order valence-corrected chi connectivity index (χ2v) is 9.69. The summed E-state index contributed by atoms with van der Waals surface area (Å²) in [6.45, 7) is 7.01. The third-order valence-corrected chi connectivity index (χ3v) is 6.21. The first-order valence-corrected chi connectivity index (χ1v) is 11.4. The van der Waals surface area contributed by atoms with Gasteiger partial charge in [0, 0.05) is 12.8 Å². The summed E-state index contributed by atoms with van der Waals surface area (Å²) in [6.07, 6.45) is 14.7. The highest BCUT2D eigenvalue weighted by Gasteiger charge is 2.18. The van der Waals surface area contributed by atoms with E-state index < -0.39 is 0 Å². The Kier molecular flexibility index (Phi) is 9.81. The summed E-state index contributed by atoms with van der Waals surface area (Å²) in [4.78, 5) is 0. The van der Waals surface area contributed by atoms with Gasteiger partial charge in [-0.15, -0.1) is 0 Å². The standard InChI is InChI=1S/C25H43NO2/c1-25(2,3)23-17-15-21(18-24(23)26)14-16-22(28-19-27-4)13-9-8-12-20-10-6-5-7-11-20/h15,17-18,20,22H,5-14,16,19,26H2,1-4H3/t22-/m0/s1. The smallest absolute Gasteiger partial charge is 0.146 e. The van der Waals surface area contributed by atoms with Gasteiger partial charge in [0.15, 0.2) is 0 Å². The van der Waals surface area contributed by atoms with Gasteiger partial charge in [-0.05, 0) is 47.8 Å². The molecule has 160 valence electrons. The second kappa shape index (κ2) is 11.8. The van der Waals surface area contributed by atoms with Gasteiger partial charge in [-0.1, -0.05) is 84.3 Å². The predicted octanol–water partition coefficient (Wildman–Crippen LogP) is 6.63. The maximum atomic E-state index is 6.31. The molecular formula is C25H43NO2. The molecule has 0 saturated heterocycles. The lowest BCUT2D eigenvalue weighted by atomic mass is 9.85. The average molecular weight is 390 g/mol. The lowest BCUT2D eigenvalue weighted by Crippen LogP contribution is -2.17. The van der Waals surface area contributed by atoms with Crippen molar-refractivity contribution in [3.63, 3.8) is 0 Å². The summed E-state index contributed by atoms with van der Waals surface area (Å²) >= 11 is 0. The van der Waals surface area contributed by atoms with Crippen molar-refractivity contribution in [3.8, 4) is 0 Å². The van der Waals surface area contributed by atoms with Crippen LogP contribution in [-0.4, -0.2) is 20.0 Å². The van der Waals surface area contributed by atoms with E-state index in [1.54, 1.807) is 7.11 Å². The van der Waals surface area contributed by atoms with E-state index in [9.17, 15) is 0 Å². The number of benzene rings is 1. The molecule has 0 amide bonds. The molecule has 3 heteroatoms. The molecule has 1 saturated carbocycles. The quantitative estimate of drug-likeness (QED) is 0.262. The van der Waals surface area contributed by atoms with Crippen LogP contribution in [0, 0.1) is 5.92 Å². The lowest BCUT2D eigenvalue weighted by molar-refractivity contribution is -0.0769. The lowest BCUT2D eigenvalue weighted by Gasteiger charge is -2.23. The third-order valence-electron chi connectivity index (χ3n) is 6.21. The minimum Gasteiger partial charge on any atom is -0.398 e. The topological polar surface area (TPSA) is 44.5 Å². The van der Waals surface area contributed by atoms with E-state index in [1.165, 1.54) is 62.5 Å². The monoisotopic (exact) mass is 389 g/mol. The predicted molar refractivity (Wildman–Crippen MR) is 120 cm³/mol. The highest BCUT2D eigenvalue weighted by atomic mass is 16.7. The number of nitrogen functional groups attached to an aromatic ring is 1. The third kappa shape index (κ3) is 8.13. The van der Waals surface area contributed by atoms with Gasteiger partial charge < -0.3 is 15.2 Å². The van der Waals surface area contributed by atoms with Crippen LogP contribution in [0.4, 0.5) is 5.69 Å². The number of aryl methyl sites for hydroxylation is 1. The second-order valence-electron chi connectivity index (χ2n) is 9.69. The fraction of sp³-hybridized carbons (Fsp3) is 0.760. The Balaban J connectivity index is 1.78. The van der Waals surface area contributed by atoms with Gasteiger partial charge in [0.05, 0.1) is 6.10 Å². The van der Waals surface area contributed by atoms with Crippen molar-refractivity contribution in [2.75, 3.05) is 19.6 Å². The van der Waals surface area contributed by atoms with Crippen molar-refractivity contribution in [3.05, 3.63) is 29.3 Å². The zero-order chi connectivity index (χ0) is 20.4. The zero-order valence-corrected chi connectivity index (χ0v) is 18.8. The summed E-state index contributed by atoms with van der Waals surface area (Å²) in [5.74, 6) is 0.983. The summed E-state index contributed by atoms with van der Waals surface area (Å²) in [7, 11) is 1.70. The number of anilines is 1. The van der Waals surface area contributed by atoms with Crippen LogP contribution in [0.2, 0.25) is 0 Å². The van der Waals surface area contributed by atoms with Crippen molar-refractivity contribution in [2.24, 2.45) is 5.92 Å². The number of hydrogen-bond acceptors (Lipinski definition) is 3. The summed E-state index contributed by atoms with van der Waals surface area (Å²) in [5, 5.41) is 0. The fourth-order valence-corrected chi connectivity index (χ4v) is 4.53. The molecule has 3 nitrogen and oxygen atoms in total. The van der Waals surface area contributed by atoms with Crippen LogP contribution < -0.4 is 5.73 Å². The number of ether oxygens (including phenoxy) is 2. The minimum atomic E-state index is 0.0884. The van der Waals surface area contributed by atoms with E-state index in [2.05, 4.69) is 39.0 Å². The van der Waals surface area contributed by atoms with Crippen molar-refractivity contribution >= 4 is 5.69 Å². The van der Waals surface area contributed by atoms with E-state index >= 15 is 0 Å². The molecular weight excluding hydrogens is 346 g/mol. The van der Waals surface area contributed by atoms with Crippen molar-refractivity contribution in [1.82, 2.24) is 0 Å². The molecule has 1 aliphatic carbocycles. The van der Waals surface area contributed by atoms with Crippen LogP contribution in [0.15, 0.2) is 18.2 Å². The molecule has 0 aromatic heterocycles. The van der Waals surface area contributed by atoms with E-state index in [-0.39, 0.29) is 11.5 Å². The fourth-order valence-electron chi connectivity index (χ4n) is 4.53. The van der Waals surface area contributed by atoms with Crippen LogP contribution >= 0.6 is 0 Å². The minimum absolute atomic E-state index is 0.0884. The Morgan fingerprint density at radius 3 is 2.46 bits per heavy atom. The van der Waals surface area contributed by atoms with Gasteiger partial charge in [-0.2, -0.15) is 0 Å². The summed E-state index contributed by atoms with van der Waals surface area (Å²) < 4.78 is 11.1. The van der Waals surface area contributed by atoms with Crippen molar-refractivity contribution in [2.45, 2.75) is 103 Å². The molecule has 1 aromatic rings. The van der Waals surface area contributed by atoms with Gasteiger partial charge in [0.25, 0.3) is 0 Å². The number of unbranched alkanes of at least 4 members (excludes halogenated alkanes) is 1. The molecule has 0 aliphatic heterocycles. The van der Waals surface area contributed by atoms with E-state index in [0.29, 0.717) is 6.79 Å². The molecule has 0 unspecified atom stereocenters. The molecule has 2 N–H and O–H groups in total. The first-order chi connectivity index (χ1) is 13.4. The van der Waals surface area contributed by atoms with Gasteiger partial charge in [0.1, 0.15) is 6.79 Å². The summed E-state index contributed by atoms with van der Waals surface area (Å²) in [6, 6.07) is 6.57. The van der Waals surface area contributed by atoms with Crippen LogP contribution in [0.3, 0.4) is 0 Å². The van der Waals surface area contributed by atoms with E-state index in [1.807, 2.05) is 0 Å². The molecule has 0 bridgehead atoms. The SMILES string of the molecule is COCO[C@@H](CCCCC1CCCCC1)CCc1ccc(C(C)(C)C)c(N)c1. The largest absolute Gasteiger partial charge is 0.398 e. The maximum Gasteiger partial charge on any atom is 0.146 e. The van der Waals surface area contributed by atoms with Gasteiger partial charge in [0.2, 0.25) is 0 Å². The van der Waals surface area contributed by atoms with Gasteiger partial charge >= 0.3 is 0 Å². The molecule has 0 spiro atoms. The molecule has 1 aliphatic rings. The normalized spacial score (nSPS) is 17.0. The van der Waals surface area contributed by atoms with Crippen LogP contribution in [0.25, 0.3) is 0 Å². The Bertz CT molecular complexity index is 558. The van der Waals surface area contributed by atoms with Crippen molar-refractivity contribution in [1.29, 1.82) is 0 Å². The van der Waals surface area contributed by atoms with Crippen molar-refractivity contribution < 1.29 is 9.47 Å². The summed E-state index contributed by atoms with van der Waals surface area (Å²) in [5.41, 5.74) is 9.84. The Hall–Kier alpha value is -1.06.